The van der Waals surface area contributed by atoms with E-state index < -0.39 is 53.2 Å². The summed E-state index contributed by atoms with van der Waals surface area (Å²) >= 11 is 1.15. The topological polar surface area (TPSA) is 110 Å². The van der Waals surface area contributed by atoms with Gasteiger partial charge in [0.1, 0.15) is 11.4 Å². The second-order valence-electron chi connectivity index (χ2n) is 8.44. The third-order valence-electron chi connectivity index (χ3n) is 6.88. The number of quaternary nitrogens is 1. The molecule has 2 aliphatic heterocycles. The van der Waals surface area contributed by atoms with Crippen molar-refractivity contribution in [3.63, 3.8) is 0 Å². The molecule has 2 atom stereocenters. The van der Waals surface area contributed by atoms with Crippen molar-refractivity contribution in [3.8, 4) is 0 Å². The van der Waals surface area contributed by atoms with Crippen molar-refractivity contribution in [1.82, 2.24) is 10.2 Å². The third kappa shape index (κ3) is 6.22. The number of carboxylic acids is 1. The molecule has 36 heavy (non-hydrogen) atoms. The summed E-state index contributed by atoms with van der Waals surface area (Å²) in [5.74, 6) is -2.92. The number of aliphatic hydroxyl groups is 1. The van der Waals surface area contributed by atoms with Gasteiger partial charge >= 0.3 is 6.18 Å². The summed E-state index contributed by atoms with van der Waals surface area (Å²) in [6.07, 6.45) is -4.53. The Morgan fingerprint density at radius 3 is 2.03 bits per heavy atom. The SMILES string of the molecule is CC[N+](CC)(CC)CC.O=C([O-])C1=C(CO)CS[C@@H]2[C@@H](NC(=O)c3ccc(C(F)(F)F)cc3)C(=O)N12. The Morgan fingerprint density at radius 2 is 1.64 bits per heavy atom. The van der Waals surface area contributed by atoms with Crippen molar-refractivity contribution < 1.29 is 42.3 Å². The van der Waals surface area contributed by atoms with E-state index in [9.17, 15) is 37.8 Å². The fourth-order valence-electron chi connectivity index (χ4n) is 4.17. The lowest BCUT2D eigenvalue weighted by Gasteiger charge is -2.50. The smallest absolute Gasteiger partial charge is 0.416 e. The lowest BCUT2D eigenvalue weighted by atomic mass is 10.0. The molecule has 200 valence electrons. The second-order valence-corrected chi connectivity index (χ2v) is 9.55. The Bertz CT molecular complexity index is 976. The van der Waals surface area contributed by atoms with E-state index in [1.807, 2.05) is 0 Å². The molecule has 2 N–H and O–H groups in total. The Labute approximate surface area is 212 Å². The predicted octanol–water partition coefficient (Wildman–Crippen LogP) is 1.60. The van der Waals surface area contributed by atoms with E-state index in [-0.39, 0.29) is 16.9 Å². The van der Waals surface area contributed by atoms with Crippen LogP contribution in [0.15, 0.2) is 35.5 Å². The minimum Gasteiger partial charge on any atom is -0.543 e. The molecule has 1 fully saturated rings. The van der Waals surface area contributed by atoms with E-state index in [2.05, 4.69) is 33.0 Å². The van der Waals surface area contributed by atoms with Gasteiger partial charge in [-0.1, -0.05) is 0 Å². The van der Waals surface area contributed by atoms with E-state index in [4.69, 9.17) is 0 Å². The van der Waals surface area contributed by atoms with Crippen LogP contribution in [0, 0.1) is 0 Å². The van der Waals surface area contributed by atoms with Gasteiger partial charge in [0.2, 0.25) is 0 Å². The molecular weight excluding hydrogens is 499 g/mol. The average molecular weight is 532 g/mol. The maximum atomic E-state index is 12.6. The molecule has 0 bridgehead atoms. The van der Waals surface area contributed by atoms with E-state index in [1.54, 1.807) is 0 Å². The number of alkyl halides is 3. The van der Waals surface area contributed by atoms with Gasteiger partial charge in [-0.3, -0.25) is 14.5 Å². The predicted molar refractivity (Wildman–Crippen MR) is 127 cm³/mol. The first-order chi connectivity index (χ1) is 16.9. The Morgan fingerprint density at radius 1 is 1.11 bits per heavy atom. The maximum Gasteiger partial charge on any atom is 0.416 e. The fourth-order valence-corrected chi connectivity index (χ4v) is 5.51. The van der Waals surface area contributed by atoms with Crippen molar-refractivity contribution in [3.05, 3.63) is 46.7 Å². The molecule has 1 aromatic rings. The fraction of sp³-hybridized carbons (Fsp3) is 0.542. The molecule has 12 heteroatoms. The van der Waals surface area contributed by atoms with E-state index in [0.717, 1.165) is 40.9 Å². The molecule has 0 aliphatic carbocycles. The van der Waals surface area contributed by atoms with E-state index in [0.29, 0.717) is 0 Å². The summed E-state index contributed by atoms with van der Waals surface area (Å²) in [7, 11) is 0. The number of carbonyl (C=O) groups is 3. The number of thioether (sulfide) groups is 1. The highest BCUT2D eigenvalue weighted by Crippen LogP contribution is 2.40. The number of carboxylic acid groups (broad SMARTS) is 1. The number of carbonyl (C=O) groups excluding carboxylic acids is 3. The first kappa shape index (κ1) is 29.7. The van der Waals surface area contributed by atoms with Crippen molar-refractivity contribution in [2.45, 2.75) is 45.3 Å². The summed E-state index contributed by atoms with van der Waals surface area (Å²) in [6, 6.07) is 2.46. The molecule has 2 amide bonds. The van der Waals surface area contributed by atoms with Crippen LogP contribution in [0.25, 0.3) is 0 Å². The summed E-state index contributed by atoms with van der Waals surface area (Å²) in [6.45, 7) is 13.7. The number of benzene rings is 1. The van der Waals surface area contributed by atoms with Gasteiger partial charge in [0.25, 0.3) is 11.8 Å². The zero-order valence-electron chi connectivity index (χ0n) is 20.7. The van der Waals surface area contributed by atoms with Crippen LogP contribution in [-0.4, -0.2) is 82.2 Å². The van der Waals surface area contributed by atoms with Gasteiger partial charge in [-0.2, -0.15) is 13.2 Å². The highest BCUT2D eigenvalue weighted by atomic mass is 32.2. The van der Waals surface area contributed by atoms with Crippen LogP contribution in [0.5, 0.6) is 0 Å². The normalized spacial score (nSPS) is 19.7. The number of amides is 2. The minimum atomic E-state index is -4.53. The molecule has 0 radical (unpaired) electrons. The van der Waals surface area contributed by atoms with E-state index >= 15 is 0 Å². The van der Waals surface area contributed by atoms with Crippen LogP contribution in [-0.2, 0) is 15.8 Å². The number of nitrogens with one attached hydrogen (secondary N) is 1. The van der Waals surface area contributed by atoms with Crippen LogP contribution < -0.4 is 10.4 Å². The van der Waals surface area contributed by atoms with Crippen LogP contribution >= 0.6 is 11.8 Å². The second kappa shape index (κ2) is 12.1. The van der Waals surface area contributed by atoms with E-state index in [1.165, 1.54) is 30.7 Å². The number of hydrogen-bond acceptors (Lipinski definition) is 6. The number of aliphatic carboxylic acids is 1. The molecular formula is C24H32F3N3O5S. The van der Waals surface area contributed by atoms with Gasteiger partial charge in [0.05, 0.1) is 50.0 Å². The van der Waals surface area contributed by atoms with Crippen molar-refractivity contribution in [2.75, 3.05) is 38.5 Å². The summed E-state index contributed by atoms with van der Waals surface area (Å²) in [5, 5.41) is 22.2. The van der Waals surface area contributed by atoms with Crippen LogP contribution in [0.3, 0.4) is 0 Å². The van der Waals surface area contributed by atoms with Gasteiger partial charge in [0.15, 0.2) is 0 Å². The van der Waals surface area contributed by atoms with Gasteiger partial charge in [-0.15, -0.1) is 11.8 Å². The highest BCUT2D eigenvalue weighted by molar-refractivity contribution is 8.00. The van der Waals surface area contributed by atoms with Crippen molar-refractivity contribution >= 4 is 29.5 Å². The zero-order chi connectivity index (χ0) is 27.3. The molecule has 0 aromatic heterocycles. The lowest BCUT2D eigenvalue weighted by molar-refractivity contribution is -0.921. The zero-order valence-corrected chi connectivity index (χ0v) is 21.5. The van der Waals surface area contributed by atoms with Gasteiger partial charge in [-0.25, -0.2) is 0 Å². The molecule has 1 saturated heterocycles. The Kier molecular flexibility index (Phi) is 9.98. The monoisotopic (exact) mass is 531 g/mol. The minimum absolute atomic E-state index is 0.0678. The Balaban J connectivity index is 0.000000434. The largest absolute Gasteiger partial charge is 0.543 e. The summed E-state index contributed by atoms with van der Waals surface area (Å²) in [4.78, 5) is 36.7. The van der Waals surface area contributed by atoms with Gasteiger partial charge in [-0.05, 0) is 57.5 Å². The lowest BCUT2D eigenvalue weighted by Crippen LogP contribution is -2.71. The standard InChI is InChI=1S/C16H13F3N2O5S.C8H20N/c17-16(18,19)9-3-1-7(2-4-9)12(23)20-10-13(24)21-11(15(25)26)8(5-22)6-27-14(10)21;1-5-9(6-2,7-3)8-4/h1-4,10,14,22H,5-6H2,(H,20,23)(H,25,26);5-8H2,1-4H3/q;+1/p-1/t10-,14+;/m0./s1. The van der Waals surface area contributed by atoms with Crippen molar-refractivity contribution in [2.24, 2.45) is 0 Å². The molecule has 2 heterocycles. The summed E-state index contributed by atoms with van der Waals surface area (Å²) in [5.41, 5.74) is -1.25. The number of hydrogen-bond donors (Lipinski definition) is 2. The first-order valence-electron chi connectivity index (χ1n) is 11.7. The number of β-lactam (4-membered cyclic amide) rings is 1. The summed E-state index contributed by atoms with van der Waals surface area (Å²) < 4.78 is 39.0. The number of fused-ring (bicyclic) bond motifs is 1. The molecule has 8 nitrogen and oxygen atoms in total. The number of halogens is 3. The molecule has 0 unspecified atom stereocenters. The molecule has 0 saturated carbocycles. The molecule has 3 rings (SSSR count). The Hall–Kier alpha value is -2.57. The van der Waals surface area contributed by atoms with Gasteiger partial charge < -0.3 is 24.8 Å². The highest BCUT2D eigenvalue weighted by Gasteiger charge is 2.52. The third-order valence-corrected chi connectivity index (χ3v) is 8.22. The van der Waals surface area contributed by atoms with Gasteiger partial charge in [0, 0.05) is 11.3 Å². The number of rotatable bonds is 8. The number of nitrogens with zero attached hydrogens (tertiary/aromatic N) is 2. The van der Waals surface area contributed by atoms with Crippen molar-refractivity contribution in [1.29, 1.82) is 0 Å². The van der Waals surface area contributed by atoms with Crippen LogP contribution in [0.2, 0.25) is 0 Å². The molecule has 1 aromatic carbocycles. The van der Waals surface area contributed by atoms with Crippen LogP contribution in [0.4, 0.5) is 13.2 Å². The van der Waals surface area contributed by atoms with Crippen LogP contribution in [0.1, 0.15) is 43.6 Å². The maximum absolute atomic E-state index is 12.6. The molecule has 0 spiro atoms. The first-order valence-corrected chi connectivity index (χ1v) is 12.8. The average Bonchev–Trinajstić information content (AvgIpc) is 2.87. The number of aliphatic hydroxyl groups excluding tert-OH is 1. The molecule has 2 aliphatic rings. The quantitative estimate of drug-likeness (QED) is 0.390.